The van der Waals surface area contributed by atoms with E-state index in [1.807, 2.05) is 32.6 Å². The zero-order valence-corrected chi connectivity index (χ0v) is 13.8. The predicted molar refractivity (Wildman–Crippen MR) is 81.7 cm³/mol. The lowest BCUT2D eigenvalue weighted by Crippen LogP contribution is -2.64. The normalized spacial score (nSPS) is 30.1. The smallest absolute Gasteiger partial charge is 0.240 e. The highest BCUT2D eigenvalue weighted by atomic mass is 16.5. The zero-order chi connectivity index (χ0) is 15.8. The average Bonchev–Trinajstić information content (AvgIpc) is 2.44. The summed E-state index contributed by atoms with van der Waals surface area (Å²) in [6.45, 7) is 9.97. The highest BCUT2D eigenvalue weighted by Gasteiger charge is 2.56. The summed E-state index contributed by atoms with van der Waals surface area (Å²) in [4.78, 5) is 14.3. The first-order chi connectivity index (χ1) is 9.72. The quantitative estimate of drug-likeness (QED) is 0.819. The number of ether oxygens (including phenoxy) is 1. The number of nitrogens with two attached hydrogens (primary N) is 1. The number of aliphatic hydroxyl groups excluding tert-OH is 1. The summed E-state index contributed by atoms with van der Waals surface area (Å²) in [7, 11) is 0. The van der Waals surface area contributed by atoms with Crippen molar-refractivity contribution in [2.24, 2.45) is 16.6 Å². The summed E-state index contributed by atoms with van der Waals surface area (Å²) in [6.07, 6.45) is 2.19. The Balaban J connectivity index is 1.95. The minimum Gasteiger partial charge on any atom is -0.392 e. The van der Waals surface area contributed by atoms with Crippen molar-refractivity contribution in [2.45, 2.75) is 65.2 Å². The number of carbonyl (C=O) groups is 1. The fourth-order valence-electron chi connectivity index (χ4n) is 3.53. The van der Waals surface area contributed by atoms with Crippen molar-refractivity contribution in [3.05, 3.63) is 0 Å². The molecule has 5 nitrogen and oxygen atoms in total. The lowest BCUT2D eigenvalue weighted by molar-refractivity contribution is -0.210. The van der Waals surface area contributed by atoms with Gasteiger partial charge in [-0.2, -0.15) is 0 Å². The van der Waals surface area contributed by atoms with Gasteiger partial charge >= 0.3 is 0 Å². The van der Waals surface area contributed by atoms with Gasteiger partial charge in [-0.05, 0) is 25.2 Å². The van der Waals surface area contributed by atoms with Crippen molar-refractivity contribution < 1.29 is 14.6 Å². The molecule has 1 saturated heterocycles. The van der Waals surface area contributed by atoms with Gasteiger partial charge in [0.15, 0.2) is 0 Å². The van der Waals surface area contributed by atoms with Gasteiger partial charge in [0.2, 0.25) is 5.91 Å². The fraction of sp³-hybridized carbons (Fsp3) is 0.938. The van der Waals surface area contributed by atoms with Crippen molar-refractivity contribution in [1.29, 1.82) is 0 Å². The van der Waals surface area contributed by atoms with Gasteiger partial charge < -0.3 is 20.5 Å². The van der Waals surface area contributed by atoms with Crippen LogP contribution in [0.2, 0.25) is 0 Å². The number of likely N-dealkylation sites (tertiary alicyclic amines) is 1. The summed E-state index contributed by atoms with van der Waals surface area (Å²) < 4.78 is 5.75. The minimum absolute atomic E-state index is 0.0270. The first-order valence-electron chi connectivity index (χ1n) is 8.06. The molecule has 2 aliphatic rings. The molecule has 1 aliphatic heterocycles. The van der Waals surface area contributed by atoms with Crippen LogP contribution in [0.1, 0.15) is 47.0 Å². The maximum Gasteiger partial charge on any atom is 0.240 e. The Morgan fingerprint density at radius 1 is 1.43 bits per heavy atom. The van der Waals surface area contributed by atoms with Gasteiger partial charge in [-0.3, -0.25) is 4.79 Å². The molecular weight excluding hydrogens is 268 g/mol. The Morgan fingerprint density at radius 2 is 2.00 bits per heavy atom. The molecule has 1 amide bonds. The molecule has 0 aromatic rings. The Bertz CT molecular complexity index is 381. The van der Waals surface area contributed by atoms with Crippen molar-refractivity contribution in [1.82, 2.24) is 4.90 Å². The highest BCUT2D eigenvalue weighted by molar-refractivity contribution is 5.82. The van der Waals surface area contributed by atoms with Crippen molar-refractivity contribution >= 4 is 5.91 Å². The fourth-order valence-corrected chi connectivity index (χ4v) is 3.53. The second kappa shape index (κ2) is 5.86. The number of hydrogen-bond acceptors (Lipinski definition) is 4. The van der Waals surface area contributed by atoms with Crippen LogP contribution in [-0.2, 0) is 9.53 Å². The number of hydrogen-bond donors (Lipinski definition) is 2. The van der Waals surface area contributed by atoms with Gasteiger partial charge in [-0.15, -0.1) is 0 Å². The molecule has 21 heavy (non-hydrogen) atoms. The SMILES string of the molecule is CCOC1CC(O)C12CCN(C(=O)[C@@H](N)C(C)(C)C)CC2. The van der Waals surface area contributed by atoms with Crippen LogP contribution >= 0.6 is 0 Å². The van der Waals surface area contributed by atoms with Gasteiger partial charge in [0.25, 0.3) is 0 Å². The maximum atomic E-state index is 12.5. The van der Waals surface area contributed by atoms with Crippen molar-refractivity contribution in [3.8, 4) is 0 Å². The van der Waals surface area contributed by atoms with Crippen LogP contribution in [0, 0.1) is 10.8 Å². The third-order valence-electron chi connectivity index (χ3n) is 5.32. The molecule has 5 heteroatoms. The summed E-state index contributed by atoms with van der Waals surface area (Å²) in [5, 5.41) is 10.2. The first kappa shape index (κ1) is 16.7. The van der Waals surface area contributed by atoms with E-state index in [9.17, 15) is 9.90 Å². The molecule has 3 N–H and O–H groups in total. The van der Waals surface area contributed by atoms with E-state index in [-0.39, 0.29) is 28.9 Å². The molecule has 2 fully saturated rings. The Hall–Kier alpha value is -0.650. The Morgan fingerprint density at radius 3 is 2.43 bits per heavy atom. The Labute approximate surface area is 127 Å². The van der Waals surface area contributed by atoms with Crippen LogP contribution in [-0.4, -0.2) is 53.9 Å². The summed E-state index contributed by atoms with van der Waals surface area (Å²) >= 11 is 0. The van der Waals surface area contributed by atoms with Crippen molar-refractivity contribution in [3.63, 3.8) is 0 Å². The average molecular weight is 298 g/mol. The predicted octanol–water partition coefficient (Wildman–Crippen LogP) is 1.14. The standard InChI is InChI=1S/C16H30N2O3/c1-5-21-12-10-11(19)16(12)6-8-18(9-7-16)14(20)13(17)15(2,3)4/h11-13,19H,5-10,17H2,1-4H3/t11?,12?,13-/m1/s1. The molecule has 1 saturated carbocycles. The number of rotatable bonds is 3. The van der Waals surface area contributed by atoms with Crippen LogP contribution < -0.4 is 5.73 Å². The molecule has 0 radical (unpaired) electrons. The molecule has 1 spiro atoms. The maximum absolute atomic E-state index is 12.5. The molecule has 0 aromatic heterocycles. The van der Waals surface area contributed by atoms with E-state index in [1.165, 1.54) is 0 Å². The molecular formula is C16H30N2O3. The number of nitrogens with zero attached hydrogens (tertiary/aromatic N) is 1. The van der Waals surface area contributed by atoms with Crippen LogP contribution in [0.15, 0.2) is 0 Å². The molecule has 0 bridgehead atoms. The van der Waals surface area contributed by atoms with E-state index in [2.05, 4.69) is 0 Å². The van der Waals surface area contributed by atoms with E-state index >= 15 is 0 Å². The molecule has 2 rings (SSSR count). The van der Waals surface area contributed by atoms with E-state index in [0.29, 0.717) is 19.7 Å². The van der Waals surface area contributed by atoms with Crippen LogP contribution in [0.4, 0.5) is 0 Å². The summed E-state index contributed by atoms with van der Waals surface area (Å²) in [5.74, 6) is 0.0270. The third-order valence-corrected chi connectivity index (χ3v) is 5.32. The topological polar surface area (TPSA) is 75.8 Å². The number of amides is 1. The van der Waals surface area contributed by atoms with Gasteiger partial charge in [-0.25, -0.2) is 0 Å². The summed E-state index contributed by atoms with van der Waals surface area (Å²) in [6, 6.07) is -0.472. The van der Waals surface area contributed by atoms with Gasteiger partial charge in [0.1, 0.15) is 0 Å². The third kappa shape index (κ3) is 2.96. The zero-order valence-electron chi connectivity index (χ0n) is 13.8. The van der Waals surface area contributed by atoms with Gasteiger partial charge in [0.05, 0.1) is 18.2 Å². The molecule has 1 heterocycles. The highest BCUT2D eigenvalue weighted by Crippen LogP contribution is 2.51. The lowest BCUT2D eigenvalue weighted by Gasteiger charge is -2.56. The van der Waals surface area contributed by atoms with Crippen LogP contribution in [0.25, 0.3) is 0 Å². The monoisotopic (exact) mass is 298 g/mol. The van der Waals surface area contributed by atoms with Gasteiger partial charge in [-0.1, -0.05) is 20.8 Å². The van der Waals surface area contributed by atoms with Crippen LogP contribution in [0.3, 0.4) is 0 Å². The second-order valence-electron chi connectivity index (χ2n) is 7.60. The van der Waals surface area contributed by atoms with Crippen molar-refractivity contribution in [2.75, 3.05) is 19.7 Å². The molecule has 122 valence electrons. The van der Waals surface area contributed by atoms with E-state index < -0.39 is 6.04 Å². The van der Waals surface area contributed by atoms with E-state index in [1.54, 1.807) is 0 Å². The van der Waals surface area contributed by atoms with E-state index in [4.69, 9.17) is 10.5 Å². The second-order valence-corrected chi connectivity index (χ2v) is 7.60. The first-order valence-corrected chi connectivity index (χ1v) is 8.06. The number of aliphatic hydroxyl groups is 1. The molecule has 1 aliphatic carbocycles. The largest absolute Gasteiger partial charge is 0.392 e. The van der Waals surface area contributed by atoms with Crippen LogP contribution in [0.5, 0.6) is 0 Å². The van der Waals surface area contributed by atoms with Gasteiger partial charge in [0, 0.05) is 31.5 Å². The van der Waals surface area contributed by atoms with E-state index in [0.717, 1.165) is 19.3 Å². The summed E-state index contributed by atoms with van der Waals surface area (Å²) in [5.41, 5.74) is 5.71. The molecule has 2 unspecified atom stereocenters. The minimum atomic E-state index is -0.472. The molecule has 3 atom stereocenters. The number of carbonyl (C=O) groups excluding carboxylic acids is 1. The lowest BCUT2D eigenvalue weighted by atomic mass is 9.58. The number of piperidine rings is 1. The Kier molecular flexibility index (Phi) is 4.66. The molecule has 0 aromatic carbocycles.